The van der Waals surface area contributed by atoms with Crippen molar-refractivity contribution < 1.29 is 4.79 Å². The van der Waals surface area contributed by atoms with Crippen LogP contribution in [0, 0.1) is 16.7 Å². The largest absolute Gasteiger partial charge is 0.368 e. The molecule has 0 heterocycles. The molecule has 0 saturated heterocycles. The van der Waals surface area contributed by atoms with Crippen molar-refractivity contribution in [2.24, 2.45) is 22.5 Å². The Morgan fingerprint density at radius 1 is 1.11 bits per heavy atom. The lowest BCUT2D eigenvalue weighted by Crippen LogP contribution is -2.62. The minimum Gasteiger partial charge on any atom is -0.368 e. The van der Waals surface area contributed by atoms with Gasteiger partial charge in [-0.05, 0) is 55.4 Å². The Balaban J connectivity index is 2.18. The van der Waals surface area contributed by atoms with Gasteiger partial charge in [0.15, 0.2) is 0 Å². The fourth-order valence-corrected chi connectivity index (χ4v) is 4.16. The van der Waals surface area contributed by atoms with Gasteiger partial charge in [-0.15, -0.1) is 0 Å². The van der Waals surface area contributed by atoms with Gasteiger partial charge in [-0.25, -0.2) is 0 Å². The highest BCUT2D eigenvalue weighted by molar-refractivity contribution is 5.85. The summed E-state index contributed by atoms with van der Waals surface area (Å²) in [5.41, 5.74) is 5.61. The molecule has 2 saturated carbocycles. The number of rotatable bonds is 4. The van der Waals surface area contributed by atoms with Crippen molar-refractivity contribution in [3.05, 3.63) is 0 Å². The fraction of sp³-hybridized carbons (Fsp3) is 0.933. The summed E-state index contributed by atoms with van der Waals surface area (Å²) in [4.78, 5) is 12.0. The van der Waals surface area contributed by atoms with Crippen LogP contribution < -0.4 is 11.1 Å². The molecular formula is C15H28N2O. The molecule has 0 radical (unpaired) electrons. The molecule has 0 atom stereocenters. The maximum Gasteiger partial charge on any atom is 0.237 e. The fourth-order valence-electron chi connectivity index (χ4n) is 4.16. The summed E-state index contributed by atoms with van der Waals surface area (Å²) in [7, 11) is 0. The van der Waals surface area contributed by atoms with E-state index in [0.29, 0.717) is 0 Å². The molecule has 0 aromatic heterocycles. The van der Waals surface area contributed by atoms with E-state index in [-0.39, 0.29) is 16.7 Å². The van der Waals surface area contributed by atoms with Crippen molar-refractivity contribution in [2.75, 3.05) is 6.54 Å². The Labute approximate surface area is 111 Å². The van der Waals surface area contributed by atoms with Gasteiger partial charge in [0.2, 0.25) is 5.91 Å². The summed E-state index contributed by atoms with van der Waals surface area (Å²) in [5.74, 6) is 0.610. The van der Waals surface area contributed by atoms with Gasteiger partial charge in [0, 0.05) is 0 Å². The first kappa shape index (κ1) is 13.9. The molecule has 0 aromatic rings. The molecule has 1 amide bonds. The Morgan fingerprint density at radius 2 is 1.61 bits per heavy atom. The third kappa shape index (κ3) is 3.05. The molecule has 2 aliphatic carbocycles. The number of hydrogen-bond acceptors (Lipinski definition) is 2. The third-order valence-electron chi connectivity index (χ3n) is 4.42. The summed E-state index contributed by atoms with van der Waals surface area (Å²) in [6.45, 7) is 9.97. The molecule has 0 aromatic carbocycles. The predicted octanol–water partition coefficient (Wildman–Crippen LogP) is 2.45. The van der Waals surface area contributed by atoms with Crippen molar-refractivity contribution in [3.8, 4) is 0 Å². The molecule has 0 bridgehead atoms. The average Bonchev–Trinajstić information content (AvgIpc) is 2.92. The van der Waals surface area contributed by atoms with Crippen LogP contribution >= 0.6 is 0 Å². The number of hydrogen-bond donors (Lipinski definition) is 2. The molecule has 0 spiro atoms. The molecule has 18 heavy (non-hydrogen) atoms. The molecule has 3 heteroatoms. The second-order valence-corrected chi connectivity index (χ2v) is 8.13. The van der Waals surface area contributed by atoms with Crippen LogP contribution in [0.15, 0.2) is 0 Å². The number of carbonyl (C=O) groups is 1. The number of primary amides is 1. The third-order valence-corrected chi connectivity index (χ3v) is 4.42. The highest BCUT2D eigenvalue weighted by atomic mass is 16.1. The normalized spacial score (nSPS) is 28.9. The quantitative estimate of drug-likeness (QED) is 0.807. The summed E-state index contributed by atoms with van der Waals surface area (Å²) < 4.78 is 0. The van der Waals surface area contributed by atoms with Crippen LogP contribution in [0.25, 0.3) is 0 Å². The van der Waals surface area contributed by atoms with Gasteiger partial charge in [0.1, 0.15) is 0 Å². The van der Waals surface area contributed by atoms with Crippen LogP contribution in [0.1, 0.15) is 59.8 Å². The van der Waals surface area contributed by atoms with Crippen LogP contribution in [0.2, 0.25) is 0 Å². The highest BCUT2D eigenvalue weighted by Gasteiger charge is 2.50. The molecule has 0 unspecified atom stereocenters. The predicted molar refractivity (Wildman–Crippen MR) is 74.1 cm³/mol. The number of nitrogens with two attached hydrogens (primary N) is 1. The first-order chi connectivity index (χ1) is 8.14. The van der Waals surface area contributed by atoms with E-state index in [1.54, 1.807) is 0 Å². The van der Waals surface area contributed by atoms with Crippen molar-refractivity contribution >= 4 is 5.91 Å². The van der Waals surface area contributed by atoms with Crippen LogP contribution in [-0.2, 0) is 4.79 Å². The first-order valence-electron chi connectivity index (χ1n) is 7.19. The molecule has 2 aliphatic rings. The van der Waals surface area contributed by atoms with Gasteiger partial charge in [-0.2, -0.15) is 0 Å². The minimum absolute atomic E-state index is 0.163. The van der Waals surface area contributed by atoms with E-state index in [1.807, 2.05) is 0 Å². The van der Waals surface area contributed by atoms with Crippen LogP contribution in [0.5, 0.6) is 0 Å². The lowest BCUT2D eigenvalue weighted by atomic mass is 9.58. The van der Waals surface area contributed by atoms with E-state index < -0.39 is 5.54 Å². The minimum atomic E-state index is -0.492. The van der Waals surface area contributed by atoms with E-state index in [2.05, 4.69) is 33.0 Å². The summed E-state index contributed by atoms with van der Waals surface area (Å²) >= 11 is 0. The van der Waals surface area contributed by atoms with Gasteiger partial charge in [0.25, 0.3) is 0 Å². The SMILES string of the molecule is CC1(C)CC(C)(C)CC(NCC2CC2)(C(N)=O)C1. The van der Waals surface area contributed by atoms with E-state index >= 15 is 0 Å². The Hall–Kier alpha value is -0.570. The van der Waals surface area contributed by atoms with Crippen molar-refractivity contribution in [1.29, 1.82) is 0 Å². The summed E-state index contributed by atoms with van der Waals surface area (Å²) in [5, 5.41) is 3.53. The van der Waals surface area contributed by atoms with Gasteiger partial charge in [-0.1, -0.05) is 27.7 Å². The number of nitrogens with one attached hydrogen (secondary N) is 1. The Kier molecular flexibility index (Phi) is 3.25. The van der Waals surface area contributed by atoms with Gasteiger partial charge in [-0.3, -0.25) is 4.79 Å². The van der Waals surface area contributed by atoms with Crippen LogP contribution in [0.3, 0.4) is 0 Å². The van der Waals surface area contributed by atoms with Crippen molar-refractivity contribution in [3.63, 3.8) is 0 Å². The van der Waals surface area contributed by atoms with E-state index in [0.717, 1.165) is 31.7 Å². The topological polar surface area (TPSA) is 55.1 Å². The molecule has 0 aliphatic heterocycles. The van der Waals surface area contributed by atoms with Gasteiger partial charge in [0.05, 0.1) is 5.54 Å². The number of carbonyl (C=O) groups excluding carboxylic acids is 1. The number of amides is 1. The standard InChI is InChI=1S/C15H28N2O/c1-13(2)8-14(3,4)10-15(9-13,12(16)18)17-7-11-5-6-11/h11,17H,5-10H2,1-4H3,(H2,16,18). The summed E-state index contributed by atoms with van der Waals surface area (Å²) in [6.07, 6.45) is 5.49. The zero-order valence-corrected chi connectivity index (χ0v) is 12.3. The molecule has 2 rings (SSSR count). The van der Waals surface area contributed by atoms with Gasteiger partial charge < -0.3 is 11.1 Å². The second-order valence-electron chi connectivity index (χ2n) is 8.13. The van der Waals surface area contributed by atoms with E-state index in [4.69, 9.17) is 5.73 Å². The maximum absolute atomic E-state index is 12.0. The van der Waals surface area contributed by atoms with Crippen molar-refractivity contribution in [2.45, 2.75) is 65.3 Å². The summed E-state index contributed by atoms with van der Waals surface area (Å²) in [6, 6.07) is 0. The molecular weight excluding hydrogens is 224 g/mol. The van der Waals surface area contributed by atoms with Crippen LogP contribution in [0.4, 0.5) is 0 Å². The zero-order valence-electron chi connectivity index (χ0n) is 12.3. The second kappa shape index (κ2) is 4.22. The van der Waals surface area contributed by atoms with Crippen molar-refractivity contribution in [1.82, 2.24) is 5.32 Å². The maximum atomic E-state index is 12.0. The molecule has 3 N–H and O–H groups in total. The van der Waals surface area contributed by atoms with Crippen LogP contribution in [-0.4, -0.2) is 18.0 Å². The Bertz CT molecular complexity index is 326. The lowest BCUT2D eigenvalue weighted by molar-refractivity contribution is -0.130. The average molecular weight is 252 g/mol. The van der Waals surface area contributed by atoms with E-state index in [9.17, 15) is 4.79 Å². The monoisotopic (exact) mass is 252 g/mol. The van der Waals surface area contributed by atoms with Gasteiger partial charge >= 0.3 is 0 Å². The smallest absolute Gasteiger partial charge is 0.237 e. The first-order valence-corrected chi connectivity index (χ1v) is 7.19. The molecule has 3 nitrogen and oxygen atoms in total. The Morgan fingerprint density at radius 3 is 2.00 bits per heavy atom. The zero-order chi connectivity index (χ0) is 13.6. The lowest BCUT2D eigenvalue weighted by Gasteiger charge is -2.51. The highest BCUT2D eigenvalue weighted by Crippen LogP contribution is 2.50. The van der Waals surface area contributed by atoms with E-state index in [1.165, 1.54) is 12.8 Å². The molecule has 2 fully saturated rings. The molecule has 104 valence electrons.